The van der Waals surface area contributed by atoms with Gasteiger partial charge in [-0.05, 0) is 18.1 Å². The number of ether oxygens (including phenoxy) is 1. The predicted molar refractivity (Wildman–Crippen MR) is 63.3 cm³/mol. The zero-order valence-electron chi connectivity index (χ0n) is 10.3. The van der Waals surface area contributed by atoms with Crippen LogP contribution in [0.2, 0.25) is 0 Å². The fourth-order valence-corrected chi connectivity index (χ4v) is 2.63. The SMILES string of the molecule is CC(=O)OC1(C)Cc2ccccc2C1(C)C. The molecule has 0 bridgehead atoms. The van der Waals surface area contributed by atoms with Crippen molar-refractivity contribution >= 4 is 5.97 Å². The van der Waals surface area contributed by atoms with Crippen molar-refractivity contribution in [1.29, 1.82) is 0 Å². The number of hydrogen-bond donors (Lipinski definition) is 0. The lowest BCUT2D eigenvalue weighted by molar-refractivity contribution is -0.160. The average molecular weight is 218 g/mol. The predicted octanol–water partition coefficient (Wildman–Crippen LogP) is 2.84. The molecule has 0 fully saturated rings. The van der Waals surface area contributed by atoms with Gasteiger partial charge in [-0.1, -0.05) is 38.1 Å². The van der Waals surface area contributed by atoms with E-state index in [4.69, 9.17) is 4.74 Å². The summed E-state index contributed by atoms with van der Waals surface area (Å²) >= 11 is 0. The van der Waals surface area contributed by atoms with E-state index in [9.17, 15) is 4.79 Å². The van der Waals surface area contributed by atoms with Crippen LogP contribution in [-0.2, 0) is 21.4 Å². The first kappa shape index (κ1) is 11.2. The summed E-state index contributed by atoms with van der Waals surface area (Å²) in [5.41, 5.74) is 2.02. The Balaban J connectivity index is 2.46. The molecule has 0 saturated carbocycles. The first-order chi connectivity index (χ1) is 7.37. The lowest BCUT2D eigenvalue weighted by atomic mass is 9.76. The summed E-state index contributed by atoms with van der Waals surface area (Å²) in [4.78, 5) is 11.2. The van der Waals surface area contributed by atoms with Crippen LogP contribution in [0.15, 0.2) is 24.3 Å². The van der Waals surface area contributed by atoms with Gasteiger partial charge in [0.05, 0.1) is 0 Å². The van der Waals surface area contributed by atoms with E-state index in [1.165, 1.54) is 18.1 Å². The van der Waals surface area contributed by atoms with E-state index >= 15 is 0 Å². The largest absolute Gasteiger partial charge is 0.458 e. The van der Waals surface area contributed by atoms with Crippen molar-refractivity contribution in [2.45, 2.75) is 45.1 Å². The summed E-state index contributed by atoms with van der Waals surface area (Å²) in [6.07, 6.45) is 0.801. The fourth-order valence-electron chi connectivity index (χ4n) is 2.63. The number of hydrogen-bond acceptors (Lipinski definition) is 2. The molecule has 2 nitrogen and oxygen atoms in total. The summed E-state index contributed by atoms with van der Waals surface area (Å²) in [6.45, 7) is 7.78. The van der Waals surface area contributed by atoms with Gasteiger partial charge in [-0.15, -0.1) is 0 Å². The second-order valence-corrected chi connectivity index (χ2v) is 5.28. The van der Waals surface area contributed by atoms with E-state index in [-0.39, 0.29) is 11.4 Å². The molecule has 0 amide bonds. The van der Waals surface area contributed by atoms with Crippen LogP contribution in [0.5, 0.6) is 0 Å². The maximum absolute atomic E-state index is 11.2. The van der Waals surface area contributed by atoms with Crippen LogP contribution in [0, 0.1) is 0 Å². The average Bonchev–Trinajstić information content (AvgIpc) is 2.34. The zero-order valence-corrected chi connectivity index (χ0v) is 10.3. The van der Waals surface area contributed by atoms with Crippen LogP contribution in [0.1, 0.15) is 38.8 Å². The monoisotopic (exact) mass is 218 g/mol. The van der Waals surface area contributed by atoms with Crippen LogP contribution in [0.25, 0.3) is 0 Å². The Bertz CT molecular complexity index is 434. The van der Waals surface area contributed by atoms with E-state index in [0.29, 0.717) is 0 Å². The van der Waals surface area contributed by atoms with Gasteiger partial charge in [0.15, 0.2) is 0 Å². The molecule has 2 heteroatoms. The number of carbonyl (C=O) groups excluding carboxylic acids is 1. The second-order valence-electron chi connectivity index (χ2n) is 5.28. The minimum Gasteiger partial charge on any atom is -0.458 e. The lowest BCUT2D eigenvalue weighted by Gasteiger charge is -2.38. The molecule has 0 saturated heterocycles. The van der Waals surface area contributed by atoms with Gasteiger partial charge in [0.1, 0.15) is 5.60 Å². The molecule has 0 N–H and O–H groups in total. The van der Waals surface area contributed by atoms with E-state index in [1.807, 2.05) is 19.1 Å². The van der Waals surface area contributed by atoms with Gasteiger partial charge in [0.2, 0.25) is 0 Å². The topological polar surface area (TPSA) is 26.3 Å². The van der Waals surface area contributed by atoms with Crippen molar-refractivity contribution in [3.63, 3.8) is 0 Å². The second kappa shape index (κ2) is 3.34. The normalized spacial score (nSPS) is 26.2. The zero-order chi connectivity index (χ0) is 12.0. The summed E-state index contributed by atoms with van der Waals surface area (Å²) in [7, 11) is 0. The first-order valence-electron chi connectivity index (χ1n) is 5.65. The Morgan fingerprint density at radius 3 is 2.44 bits per heavy atom. The van der Waals surface area contributed by atoms with Crippen molar-refractivity contribution in [2.75, 3.05) is 0 Å². The standard InChI is InChI=1S/C14H18O2/c1-10(15)16-14(4)9-11-7-5-6-8-12(11)13(14,2)3/h5-8H,9H2,1-4H3. The Hall–Kier alpha value is -1.31. The van der Waals surface area contributed by atoms with Gasteiger partial charge in [0, 0.05) is 18.8 Å². The number of carbonyl (C=O) groups is 1. The highest BCUT2D eigenvalue weighted by Crippen LogP contribution is 2.47. The van der Waals surface area contributed by atoms with Crippen LogP contribution >= 0.6 is 0 Å². The van der Waals surface area contributed by atoms with Crippen molar-refractivity contribution in [2.24, 2.45) is 0 Å². The molecule has 0 spiro atoms. The third-order valence-electron chi connectivity index (χ3n) is 3.91. The van der Waals surface area contributed by atoms with Gasteiger partial charge in [-0.25, -0.2) is 0 Å². The molecule has 1 aliphatic rings. The van der Waals surface area contributed by atoms with Crippen molar-refractivity contribution in [1.82, 2.24) is 0 Å². The molecule has 0 aliphatic heterocycles. The minimum atomic E-state index is -0.428. The number of rotatable bonds is 1. The van der Waals surface area contributed by atoms with Gasteiger partial charge in [-0.3, -0.25) is 4.79 Å². The molecule has 0 heterocycles. The third kappa shape index (κ3) is 1.44. The maximum Gasteiger partial charge on any atom is 0.303 e. The number of fused-ring (bicyclic) bond motifs is 1. The van der Waals surface area contributed by atoms with Crippen molar-refractivity contribution < 1.29 is 9.53 Å². The third-order valence-corrected chi connectivity index (χ3v) is 3.91. The molecule has 1 aromatic rings. The van der Waals surface area contributed by atoms with Gasteiger partial charge < -0.3 is 4.74 Å². The van der Waals surface area contributed by atoms with Crippen LogP contribution < -0.4 is 0 Å². The Morgan fingerprint density at radius 1 is 1.25 bits per heavy atom. The van der Waals surface area contributed by atoms with Gasteiger partial charge in [-0.2, -0.15) is 0 Å². The molecule has 1 unspecified atom stereocenters. The quantitative estimate of drug-likeness (QED) is 0.677. The van der Waals surface area contributed by atoms with E-state index < -0.39 is 5.60 Å². The van der Waals surface area contributed by atoms with E-state index in [2.05, 4.69) is 26.0 Å². The molecule has 0 radical (unpaired) electrons. The lowest BCUT2D eigenvalue weighted by Crippen LogP contribution is -2.45. The molecule has 86 valence electrons. The number of esters is 1. The number of benzene rings is 1. The van der Waals surface area contributed by atoms with Gasteiger partial charge >= 0.3 is 5.97 Å². The van der Waals surface area contributed by atoms with Crippen LogP contribution in [0.4, 0.5) is 0 Å². The highest BCUT2D eigenvalue weighted by atomic mass is 16.6. The molecule has 1 aliphatic carbocycles. The highest BCUT2D eigenvalue weighted by Gasteiger charge is 2.51. The summed E-state index contributed by atoms with van der Waals surface area (Å²) < 4.78 is 5.56. The summed E-state index contributed by atoms with van der Waals surface area (Å²) in [5.74, 6) is -0.205. The molecule has 16 heavy (non-hydrogen) atoms. The van der Waals surface area contributed by atoms with Crippen molar-refractivity contribution in [3.05, 3.63) is 35.4 Å². The van der Waals surface area contributed by atoms with Gasteiger partial charge in [0.25, 0.3) is 0 Å². The Kier molecular flexibility index (Phi) is 2.33. The van der Waals surface area contributed by atoms with E-state index in [1.54, 1.807) is 0 Å². The molecular weight excluding hydrogens is 200 g/mol. The smallest absolute Gasteiger partial charge is 0.303 e. The van der Waals surface area contributed by atoms with Crippen LogP contribution in [-0.4, -0.2) is 11.6 Å². The van der Waals surface area contributed by atoms with Crippen molar-refractivity contribution in [3.8, 4) is 0 Å². The fraction of sp³-hybridized carbons (Fsp3) is 0.500. The molecule has 1 aromatic carbocycles. The highest BCUT2D eigenvalue weighted by molar-refractivity contribution is 5.67. The maximum atomic E-state index is 11.2. The van der Waals surface area contributed by atoms with Crippen LogP contribution in [0.3, 0.4) is 0 Å². The summed E-state index contributed by atoms with van der Waals surface area (Å²) in [5, 5.41) is 0. The van der Waals surface area contributed by atoms with E-state index in [0.717, 1.165) is 6.42 Å². The molecule has 2 rings (SSSR count). The first-order valence-corrected chi connectivity index (χ1v) is 5.65. The minimum absolute atomic E-state index is 0.130. The summed E-state index contributed by atoms with van der Waals surface area (Å²) in [6, 6.07) is 8.32. The Morgan fingerprint density at radius 2 is 1.88 bits per heavy atom. The Labute approximate surface area is 96.6 Å². The molecule has 1 atom stereocenters. The molecule has 0 aromatic heterocycles. The molecular formula is C14H18O2.